The van der Waals surface area contributed by atoms with Crippen LogP contribution in [0.15, 0.2) is 58.1 Å². The predicted molar refractivity (Wildman–Crippen MR) is 117 cm³/mol. The molecule has 1 aliphatic heterocycles. The van der Waals surface area contributed by atoms with Gasteiger partial charge in [-0.2, -0.15) is 0 Å². The first kappa shape index (κ1) is 19.5. The van der Waals surface area contributed by atoms with E-state index in [9.17, 15) is 9.59 Å². The number of halogens is 1. The van der Waals surface area contributed by atoms with E-state index in [-0.39, 0.29) is 18.2 Å². The van der Waals surface area contributed by atoms with Gasteiger partial charge in [-0.3, -0.25) is 9.59 Å². The van der Waals surface area contributed by atoms with E-state index < -0.39 is 5.25 Å². The summed E-state index contributed by atoms with van der Waals surface area (Å²) in [6.07, 6.45) is 0.162. The zero-order valence-electron chi connectivity index (χ0n) is 14.8. The fourth-order valence-corrected chi connectivity index (χ4v) is 5.65. The van der Waals surface area contributed by atoms with Gasteiger partial charge in [0.1, 0.15) is 0 Å². The van der Waals surface area contributed by atoms with E-state index in [0.717, 1.165) is 14.6 Å². The second-order valence-electron chi connectivity index (χ2n) is 6.35. The van der Waals surface area contributed by atoms with Crippen LogP contribution in [0, 0.1) is 0 Å². The van der Waals surface area contributed by atoms with Crippen molar-refractivity contribution in [2.24, 2.45) is 0 Å². The molecule has 1 aromatic carbocycles. The smallest absolute Gasteiger partial charge is 0.238 e. The van der Waals surface area contributed by atoms with E-state index in [2.05, 4.69) is 5.32 Å². The summed E-state index contributed by atoms with van der Waals surface area (Å²) < 4.78 is 0. The van der Waals surface area contributed by atoms with E-state index in [1.807, 2.05) is 46.0 Å². The minimum absolute atomic E-state index is 0.0214. The number of carbonyl (C=O) groups is 2. The van der Waals surface area contributed by atoms with Crippen molar-refractivity contribution in [3.8, 4) is 0 Å². The Bertz CT molecular complexity index is 937. The SMILES string of the molecule is O=C1Nc2cc(Cl)ccc2SC1CC(=O)N(Cc1cccs1)Cc1cccs1. The molecule has 144 valence electrons. The fourth-order valence-electron chi connectivity index (χ4n) is 2.96. The average Bonchev–Trinajstić information content (AvgIpc) is 3.36. The summed E-state index contributed by atoms with van der Waals surface area (Å²) in [6, 6.07) is 13.4. The maximum atomic E-state index is 13.1. The molecule has 0 fully saturated rings. The summed E-state index contributed by atoms with van der Waals surface area (Å²) in [5.41, 5.74) is 0.709. The van der Waals surface area contributed by atoms with Gasteiger partial charge in [-0.1, -0.05) is 23.7 Å². The quantitative estimate of drug-likeness (QED) is 0.542. The second-order valence-corrected chi connectivity index (χ2v) is 10.1. The highest BCUT2D eigenvalue weighted by molar-refractivity contribution is 8.01. The molecule has 2 aromatic heterocycles. The van der Waals surface area contributed by atoms with Gasteiger partial charge in [0.15, 0.2) is 0 Å². The lowest BCUT2D eigenvalue weighted by atomic mass is 10.2. The van der Waals surface area contributed by atoms with Crippen molar-refractivity contribution in [1.82, 2.24) is 4.90 Å². The van der Waals surface area contributed by atoms with Crippen molar-refractivity contribution >= 4 is 63.5 Å². The molecule has 3 heterocycles. The highest BCUT2D eigenvalue weighted by atomic mass is 35.5. The Labute approximate surface area is 180 Å². The van der Waals surface area contributed by atoms with E-state index >= 15 is 0 Å². The number of anilines is 1. The number of carbonyl (C=O) groups excluding carboxylic acids is 2. The topological polar surface area (TPSA) is 49.4 Å². The Morgan fingerprint density at radius 1 is 1.07 bits per heavy atom. The van der Waals surface area contributed by atoms with E-state index in [0.29, 0.717) is 23.8 Å². The Balaban J connectivity index is 1.48. The van der Waals surface area contributed by atoms with Gasteiger partial charge in [-0.25, -0.2) is 0 Å². The van der Waals surface area contributed by atoms with Gasteiger partial charge in [-0.15, -0.1) is 34.4 Å². The maximum absolute atomic E-state index is 13.1. The van der Waals surface area contributed by atoms with Crippen molar-refractivity contribution in [2.75, 3.05) is 5.32 Å². The Morgan fingerprint density at radius 2 is 1.75 bits per heavy atom. The first-order valence-corrected chi connectivity index (χ1v) is 11.7. The molecule has 0 saturated heterocycles. The van der Waals surface area contributed by atoms with Crippen molar-refractivity contribution in [2.45, 2.75) is 29.7 Å². The summed E-state index contributed by atoms with van der Waals surface area (Å²) in [4.78, 5) is 30.6. The van der Waals surface area contributed by atoms with Crippen LogP contribution < -0.4 is 5.32 Å². The third-order valence-electron chi connectivity index (χ3n) is 4.33. The molecular weight excluding hydrogens is 432 g/mol. The molecule has 1 aliphatic rings. The van der Waals surface area contributed by atoms with Gasteiger partial charge in [0.25, 0.3) is 0 Å². The molecule has 1 unspecified atom stereocenters. The third kappa shape index (κ3) is 4.60. The van der Waals surface area contributed by atoms with Crippen LogP contribution in [-0.4, -0.2) is 22.0 Å². The van der Waals surface area contributed by atoms with Gasteiger partial charge >= 0.3 is 0 Å². The second kappa shape index (κ2) is 8.69. The van der Waals surface area contributed by atoms with Crippen LogP contribution in [0.2, 0.25) is 5.02 Å². The number of nitrogens with zero attached hydrogens (tertiary/aromatic N) is 1. The summed E-state index contributed by atoms with van der Waals surface area (Å²) >= 11 is 10.7. The van der Waals surface area contributed by atoms with Crippen molar-refractivity contribution < 1.29 is 9.59 Å². The Kier molecular flexibility index (Phi) is 6.06. The molecule has 4 nitrogen and oxygen atoms in total. The third-order valence-corrected chi connectivity index (χ3v) is 7.56. The normalized spacial score (nSPS) is 15.8. The number of nitrogens with one attached hydrogen (secondary N) is 1. The highest BCUT2D eigenvalue weighted by Crippen LogP contribution is 2.38. The largest absolute Gasteiger partial charge is 0.332 e. The lowest BCUT2D eigenvalue weighted by Crippen LogP contribution is -2.36. The van der Waals surface area contributed by atoms with Crippen LogP contribution in [0.4, 0.5) is 5.69 Å². The van der Waals surface area contributed by atoms with Crippen LogP contribution in [0.1, 0.15) is 16.2 Å². The number of rotatable bonds is 6. The molecule has 0 saturated carbocycles. The molecular formula is C20H17ClN2O2S3. The van der Waals surface area contributed by atoms with Crippen LogP contribution in [-0.2, 0) is 22.7 Å². The zero-order chi connectivity index (χ0) is 19.5. The number of amides is 2. The van der Waals surface area contributed by atoms with Crippen LogP contribution in [0.3, 0.4) is 0 Å². The molecule has 3 aromatic rings. The Hall–Kier alpha value is -1.80. The van der Waals surface area contributed by atoms with E-state index in [1.165, 1.54) is 11.8 Å². The number of thiophene rings is 2. The molecule has 2 amide bonds. The number of thioether (sulfide) groups is 1. The molecule has 1 N–H and O–H groups in total. The standard InChI is InChI=1S/C20H17ClN2O2S3/c21-13-5-6-17-16(9-13)22-20(25)18(28-17)10-19(24)23(11-14-3-1-7-26-14)12-15-4-2-8-27-15/h1-9,18H,10-12H2,(H,22,25). The number of hydrogen-bond donors (Lipinski definition) is 1. The minimum Gasteiger partial charge on any atom is -0.332 e. The lowest BCUT2D eigenvalue weighted by Gasteiger charge is -2.27. The number of hydrogen-bond acceptors (Lipinski definition) is 5. The van der Waals surface area contributed by atoms with Crippen LogP contribution in [0.25, 0.3) is 0 Å². The van der Waals surface area contributed by atoms with Crippen LogP contribution in [0.5, 0.6) is 0 Å². The fraction of sp³-hybridized carbons (Fsp3) is 0.200. The average molecular weight is 449 g/mol. The van der Waals surface area contributed by atoms with Gasteiger partial charge < -0.3 is 10.2 Å². The van der Waals surface area contributed by atoms with Crippen molar-refractivity contribution in [3.05, 3.63) is 68.0 Å². The summed E-state index contributed by atoms with van der Waals surface area (Å²) in [5.74, 6) is -0.174. The molecule has 0 bridgehead atoms. The molecule has 8 heteroatoms. The summed E-state index contributed by atoms with van der Waals surface area (Å²) in [7, 11) is 0. The molecule has 0 spiro atoms. The van der Waals surface area contributed by atoms with E-state index in [1.54, 1.807) is 34.8 Å². The first-order chi connectivity index (χ1) is 13.6. The van der Waals surface area contributed by atoms with Gasteiger partial charge in [0.05, 0.1) is 24.0 Å². The first-order valence-electron chi connectivity index (χ1n) is 8.68. The summed E-state index contributed by atoms with van der Waals surface area (Å²) in [6.45, 7) is 1.11. The van der Waals surface area contributed by atoms with Gasteiger partial charge in [0.2, 0.25) is 11.8 Å². The zero-order valence-corrected chi connectivity index (χ0v) is 18.0. The monoisotopic (exact) mass is 448 g/mol. The number of fused-ring (bicyclic) bond motifs is 1. The van der Waals surface area contributed by atoms with Crippen molar-refractivity contribution in [3.63, 3.8) is 0 Å². The van der Waals surface area contributed by atoms with Gasteiger partial charge in [-0.05, 0) is 41.1 Å². The summed E-state index contributed by atoms with van der Waals surface area (Å²) in [5, 5.41) is 7.02. The van der Waals surface area contributed by atoms with Crippen LogP contribution >= 0.6 is 46.0 Å². The Morgan fingerprint density at radius 3 is 2.36 bits per heavy atom. The minimum atomic E-state index is -0.449. The molecule has 28 heavy (non-hydrogen) atoms. The molecule has 0 aliphatic carbocycles. The molecule has 0 radical (unpaired) electrons. The predicted octanol–water partition coefficient (Wildman–Crippen LogP) is 5.49. The molecule has 4 rings (SSSR count). The van der Waals surface area contributed by atoms with Crippen molar-refractivity contribution in [1.29, 1.82) is 0 Å². The highest BCUT2D eigenvalue weighted by Gasteiger charge is 2.31. The number of benzene rings is 1. The van der Waals surface area contributed by atoms with E-state index in [4.69, 9.17) is 11.6 Å². The lowest BCUT2D eigenvalue weighted by molar-refractivity contribution is -0.133. The molecule has 1 atom stereocenters. The van der Waals surface area contributed by atoms with Gasteiger partial charge in [0, 0.05) is 26.1 Å². The maximum Gasteiger partial charge on any atom is 0.238 e.